The molecule has 1 aliphatic heterocycles. The van der Waals surface area contributed by atoms with Crippen LogP contribution in [-0.4, -0.2) is 23.1 Å². The first-order valence-corrected chi connectivity index (χ1v) is 8.96. The molecule has 3 heterocycles. The topological polar surface area (TPSA) is 90.0 Å². The molecule has 2 aromatic heterocycles. The van der Waals surface area contributed by atoms with E-state index in [4.69, 9.17) is 4.52 Å². The smallest absolute Gasteiger partial charge is 0.281 e. The van der Waals surface area contributed by atoms with Crippen molar-refractivity contribution >= 4 is 15.7 Å². The molecule has 2 aromatic rings. The number of hydrogen-bond acceptors (Lipinski definition) is 5. The van der Waals surface area contributed by atoms with E-state index in [9.17, 15) is 8.42 Å². The number of aryl methyl sites for hydroxylation is 3. The maximum Gasteiger partial charge on any atom is 0.281 e. The fourth-order valence-electron chi connectivity index (χ4n) is 2.77. The van der Waals surface area contributed by atoms with Crippen molar-refractivity contribution < 1.29 is 12.9 Å². The third-order valence-electron chi connectivity index (χ3n) is 4.06. The van der Waals surface area contributed by atoms with Crippen molar-refractivity contribution in [1.29, 1.82) is 0 Å². The first kappa shape index (κ1) is 15.1. The van der Waals surface area contributed by atoms with Crippen LogP contribution in [0.4, 0.5) is 5.69 Å². The van der Waals surface area contributed by atoms with Crippen LogP contribution in [-0.2, 0) is 22.9 Å². The van der Waals surface area contributed by atoms with E-state index in [1.165, 1.54) is 0 Å². The van der Waals surface area contributed by atoms with Crippen LogP contribution in [0.25, 0.3) is 0 Å². The van der Waals surface area contributed by atoms with Gasteiger partial charge in [0.1, 0.15) is 17.2 Å². The Kier molecular flexibility index (Phi) is 3.72. The Morgan fingerprint density at radius 2 is 2.27 bits per heavy atom. The van der Waals surface area contributed by atoms with Gasteiger partial charge in [-0.15, -0.1) is 0 Å². The summed E-state index contributed by atoms with van der Waals surface area (Å²) in [6, 6.07) is 0.281. The number of fused-ring (bicyclic) bond motifs is 1. The molecule has 1 aliphatic rings. The van der Waals surface area contributed by atoms with Crippen LogP contribution >= 0.6 is 0 Å². The number of nitrogens with zero attached hydrogens (tertiary/aromatic N) is 3. The normalized spacial score (nSPS) is 18.2. The van der Waals surface area contributed by atoms with Crippen LogP contribution in [0.3, 0.4) is 0 Å². The van der Waals surface area contributed by atoms with Gasteiger partial charge in [-0.2, -0.15) is 8.42 Å². The first-order chi connectivity index (χ1) is 10.4. The zero-order chi connectivity index (χ0) is 15.9. The van der Waals surface area contributed by atoms with Crippen molar-refractivity contribution in [2.24, 2.45) is 0 Å². The monoisotopic (exact) mass is 324 g/mol. The zero-order valence-electron chi connectivity index (χ0n) is 13.0. The van der Waals surface area contributed by atoms with Gasteiger partial charge in [-0.25, -0.2) is 4.98 Å². The molecule has 0 bridgehead atoms. The van der Waals surface area contributed by atoms with Gasteiger partial charge in [-0.1, -0.05) is 12.1 Å². The minimum atomic E-state index is -3.74. The maximum absolute atomic E-state index is 12.6. The molecule has 0 radical (unpaired) electrons. The molecule has 120 valence electrons. The van der Waals surface area contributed by atoms with Crippen molar-refractivity contribution in [3.05, 3.63) is 23.5 Å². The van der Waals surface area contributed by atoms with E-state index in [-0.39, 0.29) is 11.1 Å². The lowest BCUT2D eigenvalue weighted by Crippen LogP contribution is -2.15. The molecule has 0 fully saturated rings. The van der Waals surface area contributed by atoms with Crippen molar-refractivity contribution in [1.82, 2.24) is 14.7 Å². The van der Waals surface area contributed by atoms with Crippen molar-refractivity contribution in [3.8, 4) is 0 Å². The van der Waals surface area contributed by atoms with Crippen LogP contribution in [0, 0.1) is 6.92 Å². The lowest BCUT2D eigenvalue weighted by molar-refractivity contribution is 0.391. The lowest BCUT2D eigenvalue weighted by Gasteiger charge is -2.20. The van der Waals surface area contributed by atoms with Crippen LogP contribution in [0.2, 0.25) is 0 Å². The van der Waals surface area contributed by atoms with Gasteiger partial charge in [0.05, 0.1) is 0 Å². The Morgan fingerprint density at radius 1 is 1.50 bits per heavy atom. The zero-order valence-corrected chi connectivity index (χ0v) is 13.8. The molecule has 1 atom stereocenters. The quantitative estimate of drug-likeness (QED) is 0.933. The van der Waals surface area contributed by atoms with E-state index in [0.717, 1.165) is 25.1 Å². The summed E-state index contributed by atoms with van der Waals surface area (Å²) < 4.78 is 34.8. The summed E-state index contributed by atoms with van der Waals surface area (Å²) in [5, 5.41) is 3.92. The largest absolute Gasteiger partial charge is 0.359 e. The van der Waals surface area contributed by atoms with E-state index in [0.29, 0.717) is 23.6 Å². The second-order valence-electron chi connectivity index (χ2n) is 5.66. The molecule has 0 amide bonds. The highest BCUT2D eigenvalue weighted by atomic mass is 32.2. The second-order valence-corrected chi connectivity index (χ2v) is 7.29. The molecule has 0 aromatic carbocycles. The third kappa shape index (κ3) is 2.51. The van der Waals surface area contributed by atoms with Gasteiger partial charge in [-0.05, 0) is 33.1 Å². The van der Waals surface area contributed by atoms with Crippen molar-refractivity contribution in [2.45, 2.75) is 57.5 Å². The fourth-order valence-corrected chi connectivity index (χ4v) is 3.89. The number of aromatic nitrogens is 3. The van der Waals surface area contributed by atoms with Crippen LogP contribution in [0.5, 0.6) is 0 Å². The van der Waals surface area contributed by atoms with Crippen molar-refractivity contribution in [3.63, 3.8) is 0 Å². The summed E-state index contributed by atoms with van der Waals surface area (Å²) in [5.74, 6) is 1.29. The highest BCUT2D eigenvalue weighted by Gasteiger charge is 2.26. The predicted octanol–water partition coefficient (Wildman–Crippen LogP) is 2.44. The first-order valence-electron chi connectivity index (χ1n) is 7.48. The molecular formula is C14H20N4O3S. The van der Waals surface area contributed by atoms with Crippen LogP contribution in [0.15, 0.2) is 15.7 Å². The Hall–Kier alpha value is -1.83. The average Bonchev–Trinajstić information content (AvgIpc) is 3.05. The van der Waals surface area contributed by atoms with Gasteiger partial charge >= 0.3 is 0 Å². The van der Waals surface area contributed by atoms with Crippen LogP contribution in [0.1, 0.15) is 50.0 Å². The van der Waals surface area contributed by atoms with E-state index in [1.54, 1.807) is 13.1 Å². The highest BCUT2D eigenvalue weighted by Crippen LogP contribution is 2.28. The Balaban J connectivity index is 1.95. The lowest BCUT2D eigenvalue weighted by atomic mass is 10.1. The summed E-state index contributed by atoms with van der Waals surface area (Å²) in [6.07, 6.45) is 5.10. The number of nitrogens with one attached hydrogen (secondary N) is 1. The van der Waals surface area contributed by atoms with Gasteiger partial charge in [0.15, 0.2) is 10.8 Å². The summed E-state index contributed by atoms with van der Waals surface area (Å²) >= 11 is 0. The molecule has 22 heavy (non-hydrogen) atoms. The van der Waals surface area contributed by atoms with Gasteiger partial charge in [0, 0.05) is 18.7 Å². The third-order valence-corrected chi connectivity index (χ3v) is 5.28. The van der Waals surface area contributed by atoms with Crippen LogP contribution < -0.4 is 4.72 Å². The number of rotatable bonds is 4. The van der Waals surface area contributed by atoms with E-state index >= 15 is 0 Å². The maximum atomic E-state index is 12.6. The van der Waals surface area contributed by atoms with E-state index in [2.05, 4.69) is 21.8 Å². The molecule has 1 unspecified atom stereocenters. The summed E-state index contributed by atoms with van der Waals surface area (Å²) in [5.41, 5.74) is 1.01. The molecular weight excluding hydrogens is 304 g/mol. The molecule has 0 saturated heterocycles. The minimum Gasteiger partial charge on any atom is -0.359 e. The van der Waals surface area contributed by atoms with E-state index < -0.39 is 10.0 Å². The second kappa shape index (κ2) is 5.42. The number of sulfonamides is 1. The standard InChI is InChI=1S/C14H20N4O3S/c1-4-11-14(10(3)21-16-11)17-22(19,20)13-8-18-9(2)6-5-7-12(18)15-13/h8-9,17H,4-7H2,1-3H3. The van der Waals surface area contributed by atoms with Gasteiger partial charge in [0.25, 0.3) is 10.0 Å². The average molecular weight is 324 g/mol. The molecule has 0 spiro atoms. The highest BCUT2D eigenvalue weighted by molar-refractivity contribution is 7.92. The number of imidazole rings is 1. The Bertz CT molecular complexity index is 791. The minimum absolute atomic E-state index is 0.0545. The Morgan fingerprint density at radius 3 is 2.95 bits per heavy atom. The number of anilines is 1. The van der Waals surface area contributed by atoms with Gasteiger partial charge in [-0.3, -0.25) is 4.72 Å². The summed E-state index contributed by atoms with van der Waals surface area (Å²) in [7, 11) is -3.74. The molecule has 1 N–H and O–H groups in total. The summed E-state index contributed by atoms with van der Waals surface area (Å²) in [4.78, 5) is 4.30. The molecule has 7 nitrogen and oxygen atoms in total. The number of hydrogen-bond donors (Lipinski definition) is 1. The molecule has 8 heteroatoms. The van der Waals surface area contributed by atoms with Gasteiger partial charge in [0.2, 0.25) is 0 Å². The van der Waals surface area contributed by atoms with Crippen molar-refractivity contribution in [2.75, 3.05) is 4.72 Å². The Labute approximate surface area is 129 Å². The van der Waals surface area contributed by atoms with Gasteiger partial charge < -0.3 is 9.09 Å². The van der Waals surface area contributed by atoms with E-state index in [1.807, 2.05) is 11.5 Å². The molecule has 0 saturated carbocycles. The predicted molar refractivity (Wildman–Crippen MR) is 81.3 cm³/mol. The SMILES string of the molecule is CCc1noc(C)c1NS(=O)(=O)c1cn2c(n1)CCCC2C. The molecule has 3 rings (SSSR count). The molecule has 0 aliphatic carbocycles. The summed E-state index contributed by atoms with van der Waals surface area (Å²) in [6.45, 7) is 5.66. The fraction of sp³-hybridized carbons (Fsp3) is 0.571.